The first-order chi connectivity index (χ1) is 12.7. The van der Waals surface area contributed by atoms with Crippen molar-refractivity contribution in [2.45, 2.75) is 19.4 Å². The fraction of sp³-hybridized carbons (Fsp3) is 0.350. The van der Waals surface area contributed by atoms with Gasteiger partial charge in [-0.15, -0.1) is 11.3 Å². The van der Waals surface area contributed by atoms with Crippen LogP contribution in [-0.2, 0) is 16.0 Å². The topological polar surface area (TPSA) is 55.3 Å². The summed E-state index contributed by atoms with van der Waals surface area (Å²) in [5.41, 5.74) is 3.80. The molecule has 1 atom stereocenters. The van der Waals surface area contributed by atoms with Gasteiger partial charge in [-0.1, -0.05) is 12.1 Å². The third-order valence-corrected chi connectivity index (χ3v) is 5.58. The van der Waals surface area contributed by atoms with Crippen molar-refractivity contribution in [1.82, 2.24) is 14.9 Å². The van der Waals surface area contributed by atoms with Gasteiger partial charge in [-0.05, 0) is 30.0 Å². The molecule has 3 aromatic rings. The van der Waals surface area contributed by atoms with Gasteiger partial charge in [0.1, 0.15) is 0 Å². The molecule has 134 valence electrons. The van der Waals surface area contributed by atoms with Crippen molar-refractivity contribution in [3.8, 4) is 10.4 Å². The largest absolute Gasteiger partial charge is 0.379 e. The number of rotatable bonds is 5. The Labute approximate surface area is 156 Å². The van der Waals surface area contributed by atoms with Crippen LogP contribution in [0.5, 0.6) is 0 Å². The van der Waals surface area contributed by atoms with E-state index in [1.54, 1.807) is 11.3 Å². The molecule has 1 saturated heterocycles. The molecule has 0 radical (unpaired) electrons. The molecule has 5 nitrogen and oxygen atoms in total. The molecule has 0 spiro atoms. The number of hydrogen-bond acceptors (Lipinski definition) is 6. The van der Waals surface area contributed by atoms with Crippen molar-refractivity contribution in [3.05, 3.63) is 47.9 Å². The Bertz CT molecular complexity index is 911. The van der Waals surface area contributed by atoms with E-state index >= 15 is 0 Å². The molecule has 2 aromatic heterocycles. The van der Waals surface area contributed by atoms with Gasteiger partial charge in [0.15, 0.2) is 5.78 Å². The fourth-order valence-corrected chi connectivity index (χ4v) is 3.90. The SMILES string of the molecule is C[C@H]1COCCN1CC(=O)Cc1cc2cc(-c3cncs3)ccc2cn1. The van der Waals surface area contributed by atoms with Crippen molar-refractivity contribution >= 4 is 27.9 Å². The third-order valence-electron chi connectivity index (χ3n) is 4.76. The minimum Gasteiger partial charge on any atom is -0.379 e. The molecule has 0 aliphatic carbocycles. The summed E-state index contributed by atoms with van der Waals surface area (Å²) in [6, 6.07) is 8.61. The van der Waals surface area contributed by atoms with E-state index in [1.165, 1.54) is 0 Å². The highest BCUT2D eigenvalue weighted by Crippen LogP contribution is 2.27. The van der Waals surface area contributed by atoms with Crippen LogP contribution in [-0.4, -0.2) is 53.0 Å². The number of ketones is 1. The predicted octanol–water partition coefficient (Wildman–Crippen LogP) is 3.19. The Balaban J connectivity index is 1.50. The minimum atomic E-state index is 0.198. The van der Waals surface area contributed by atoms with Crippen LogP contribution in [0.3, 0.4) is 0 Å². The van der Waals surface area contributed by atoms with E-state index in [9.17, 15) is 4.79 Å². The summed E-state index contributed by atoms with van der Waals surface area (Å²) in [4.78, 5) is 24.4. The second-order valence-corrected chi connectivity index (χ2v) is 7.60. The molecular formula is C20H21N3O2S. The Morgan fingerprint density at radius 1 is 1.31 bits per heavy atom. The first-order valence-electron chi connectivity index (χ1n) is 8.80. The van der Waals surface area contributed by atoms with Crippen molar-refractivity contribution < 1.29 is 9.53 Å². The lowest BCUT2D eigenvalue weighted by Gasteiger charge is -2.32. The number of nitrogens with zero attached hydrogens (tertiary/aromatic N) is 3. The molecular weight excluding hydrogens is 346 g/mol. The average molecular weight is 367 g/mol. The number of benzene rings is 1. The van der Waals surface area contributed by atoms with E-state index in [2.05, 4.69) is 40.0 Å². The Hall–Kier alpha value is -2.15. The van der Waals surface area contributed by atoms with Crippen LogP contribution in [0.2, 0.25) is 0 Å². The Kier molecular flexibility index (Phi) is 5.06. The predicted molar refractivity (Wildman–Crippen MR) is 103 cm³/mol. The highest BCUT2D eigenvalue weighted by atomic mass is 32.1. The van der Waals surface area contributed by atoms with Crippen LogP contribution in [0, 0.1) is 0 Å². The minimum absolute atomic E-state index is 0.198. The summed E-state index contributed by atoms with van der Waals surface area (Å²) in [6.45, 7) is 4.77. The summed E-state index contributed by atoms with van der Waals surface area (Å²) in [7, 11) is 0. The number of fused-ring (bicyclic) bond motifs is 1. The molecule has 0 amide bonds. The first kappa shape index (κ1) is 17.3. The van der Waals surface area contributed by atoms with Crippen molar-refractivity contribution in [2.75, 3.05) is 26.3 Å². The molecule has 3 heterocycles. The molecule has 1 fully saturated rings. The lowest BCUT2D eigenvalue weighted by Crippen LogP contribution is -2.46. The number of thiazole rings is 1. The van der Waals surface area contributed by atoms with Crippen LogP contribution < -0.4 is 0 Å². The van der Waals surface area contributed by atoms with Crippen LogP contribution in [0.4, 0.5) is 0 Å². The highest BCUT2D eigenvalue weighted by Gasteiger charge is 2.21. The summed E-state index contributed by atoms with van der Waals surface area (Å²) in [5, 5.41) is 2.18. The smallest absolute Gasteiger partial charge is 0.152 e. The van der Waals surface area contributed by atoms with Gasteiger partial charge in [0, 0.05) is 36.1 Å². The summed E-state index contributed by atoms with van der Waals surface area (Å²) >= 11 is 1.62. The van der Waals surface area contributed by atoms with Crippen molar-refractivity contribution in [3.63, 3.8) is 0 Å². The van der Waals surface area contributed by atoms with Crippen LogP contribution in [0.1, 0.15) is 12.6 Å². The van der Waals surface area contributed by atoms with Crippen LogP contribution in [0.25, 0.3) is 21.2 Å². The molecule has 1 aromatic carbocycles. The lowest BCUT2D eigenvalue weighted by molar-refractivity contribution is -0.121. The van der Waals surface area contributed by atoms with E-state index < -0.39 is 0 Å². The maximum Gasteiger partial charge on any atom is 0.152 e. The molecule has 0 saturated carbocycles. The van der Waals surface area contributed by atoms with Gasteiger partial charge in [-0.3, -0.25) is 19.7 Å². The number of carbonyl (C=O) groups is 1. The standard InChI is InChI=1S/C20H21N3O2S/c1-14-12-25-5-4-23(14)11-19(24)8-18-7-17-6-15(20-10-21-13-26-20)2-3-16(17)9-22-18/h2-3,6-7,9-10,13-14H,4-5,8,11-12H2,1H3/t14-/m0/s1. The van der Waals surface area contributed by atoms with E-state index in [4.69, 9.17) is 4.74 Å². The molecule has 0 unspecified atom stereocenters. The zero-order valence-electron chi connectivity index (χ0n) is 14.7. The number of hydrogen-bond donors (Lipinski definition) is 0. The molecule has 1 aliphatic rings. The molecule has 6 heteroatoms. The number of morpholine rings is 1. The summed E-state index contributed by atoms with van der Waals surface area (Å²) in [5.74, 6) is 0.198. The van der Waals surface area contributed by atoms with Gasteiger partial charge in [0.05, 0.1) is 36.6 Å². The lowest BCUT2D eigenvalue weighted by atomic mass is 10.1. The second kappa shape index (κ2) is 7.61. The number of Topliss-reactive ketones (excluding diaryl/α,β-unsaturated/α-hetero) is 1. The number of pyridine rings is 1. The summed E-state index contributed by atoms with van der Waals surface area (Å²) < 4.78 is 5.43. The normalized spacial score (nSPS) is 18.3. The van der Waals surface area contributed by atoms with Gasteiger partial charge >= 0.3 is 0 Å². The van der Waals surface area contributed by atoms with Crippen molar-refractivity contribution in [1.29, 1.82) is 0 Å². The van der Waals surface area contributed by atoms with Gasteiger partial charge < -0.3 is 4.74 Å². The quantitative estimate of drug-likeness (QED) is 0.693. The zero-order chi connectivity index (χ0) is 17.9. The van der Waals surface area contributed by atoms with Crippen molar-refractivity contribution in [2.24, 2.45) is 0 Å². The van der Waals surface area contributed by atoms with Gasteiger partial charge in [-0.25, -0.2) is 0 Å². The molecule has 0 N–H and O–H groups in total. The molecule has 0 bridgehead atoms. The molecule has 1 aliphatic heterocycles. The Morgan fingerprint density at radius 2 is 2.23 bits per heavy atom. The maximum absolute atomic E-state index is 12.5. The second-order valence-electron chi connectivity index (χ2n) is 6.71. The Morgan fingerprint density at radius 3 is 3.04 bits per heavy atom. The molecule has 26 heavy (non-hydrogen) atoms. The van der Waals surface area contributed by atoms with Gasteiger partial charge in [0.25, 0.3) is 0 Å². The maximum atomic E-state index is 12.5. The third kappa shape index (κ3) is 3.82. The van der Waals surface area contributed by atoms with Crippen LogP contribution in [0.15, 0.2) is 42.2 Å². The average Bonchev–Trinajstić information content (AvgIpc) is 3.18. The van der Waals surface area contributed by atoms with E-state index in [-0.39, 0.29) is 5.78 Å². The van der Waals surface area contributed by atoms with Crippen LogP contribution >= 0.6 is 11.3 Å². The van der Waals surface area contributed by atoms with E-state index in [0.717, 1.165) is 33.5 Å². The number of carbonyl (C=O) groups excluding carboxylic acids is 1. The first-order valence-corrected chi connectivity index (χ1v) is 9.68. The van der Waals surface area contributed by atoms with Gasteiger partial charge in [0.2, 0.25) is 0 Å². The molecule has 4 rings (SSSR count). The number of aromatic nitrogens is 2. The highest BCUT2D eigenvalue weighted by molar-refractivity contribution is 7.13. The monoisotopic (exact) mass is 367 g/mol. The summed E-state index contributed by atoms with van der Waals surface area (Å²) in [6.07, 6.45) is 4.09. The van der Waals surface area contributed by atoms with Gasteiger partial charge in [-0.2, -0.15) is 0 Å². The zero-order valence-corrected chi connectivity index (χ0v) is 15.5. The van der Waals surface area contributed by atoms with E-state index in [1.807, 2.05) is 24.0 Å². The fourth-order valence-electron chi connectivity index (χ4n) is 3.28. The van der Waals surface area contributed by atoms with E-state index in [0.29, 0.717) is 32.2 Å². The number of ether oxygens (including phenoxy) is 1.